The Bertz CT molecular complexity index is 392. The van der Waals surface area contributed by atoms with Gasteiger partial charge in [-0.05, 0) is 50.6 Å². The van der Waals surface area contributed by atoms with Gasteiger partial charge in [0.25, 0.3) is 0 Å². The molecule has 0 aromatic heterocycles. The second kappa shape index (κ2) is 8.13. The zero-order valence-electron chi connectivity index (χ0n) is 11.2. The molecule has 0 unspecified atom stereocenters. The van der Waals surface area contributed by atoms with Crippen LogP contribution in [-0.2, 0) is 0 Å². The van der Waals surface area contributed by atoms with Crippen molar-refractivity contribution in [2.45, 2.75) is 32.1 Å². The standard InChI is InChI=1S/C15H21BrClNO/c16-13-6-7-15(14(17)12-13)19-11-5-10-18-8-3-1-2-4-9-18/h6-7,12H,1-5,8-11H2. The van der Waals surface area contributed by atoms with E-state index in [-0.39, 0.29) is 0 Å². The van der Waals surface area contributed by atoms with Crippen LogP contribution in [0, 0.1) is 0 Å². The van der Waals surface area contributed by atoms with Crippen LogP contribution >= 0.6 is 27.5 Å². The topological polar surface area (TPSA) is 12.5 Å². The van der Waals surface area contributed by atoms with Gasteiger partial charge < -0.3 is 9.64 Å². The quantitative estimate of drug-likeness (QED) is 0.714. The summed E-state index contributed by atoms with van der Waals surface area (Å²) in [7, 11) is 0. The van der Waals surface area contributed by atoms with Crippen LogP contribution in [0.2, 0.25) is 5.02 Å². The number of ether oxygens (including phenoxy) is 1. The molecule has 0 N–H and O–H groups in total. The van der Waals surface area contributed by atoms with Crippen molar-refractivity contribution in [3.63, 3.8) is 0 Å². The maximum absolute atomic E-state index is 6.11. The van der Waals surface area contributed by atoms with Gasteiger partial charge in [-0.15, -0.1) is 0 Å². The molecule has 2 rings (SSSR count). The first-order valence-corrected chi connectivity index (χ1v) is 8.23. The monoisotopic (exact) mass is 345 g/mol. The fourth-order valence-electron chi connectivity index (χ4n) is 2.42. The third-order valence-corrected chi connectivity index (χ3v) is 4.26. The van der Waals surface area contributed by atoms with Crippen molar-refractivity contribution in [1.82, 2.24) is 4.90 Å². The number of hydrogen-bond donors (Lipinski definition) is 0. The molecule has 2 nitrogen and oxygen atoms in total. The SMILES string of the molecule is Clc1cc(Br)ccc1OCCCN1CCCCCC1. The highest BCUT2D eigenvalue weighted by molar-refractivity contribution is 9.10. The Morgan fingerprint density at radius 1 is 1.16 bits per heavy atom. The van der Waals surface area contributed by atoms with E-state index >= 15 is 0 Å². The molecule has 0 amide bonds. The van der Waals surface area contributed by atoms with E-state index in [4.69, 9.17) is 16.3 Å². The highest BCUT2D eigenvalue weighted by Gasteiger charge is 2.08. The van der Waals surface area contributed by atoms with Gasteiger partial charge in [-0.2, -0.15) is 0 Å². The molecule has 0 radical (unpaired) electrons. The van der Waals surface area contributed by atoms with Gasteiger partial charge in [-0.25, -0.2) is 0 Å². The van der Waals surface area contributed by atoms with Crippen molar-refractivity contribution < 1.29 is 4.74 Å². The van der Waals surface area contributed by atoms with Gasteiger partial charge in [0.15, 0.2) is 0 Å². The number of rotatable bonds is 5. The van der Waals surface area contributed by atoms with Crippen LogP contribution in [-0.4, -0.2) is 31.1 Å². The summed E-state index contributed by atoms with van der Waals surface area (Å²) < 4.78 is 6.72. The van der Waals surface area contributed by atoms with Crippen molar-refractivity contribution >= 4 is 27.5 Å². The van der Waals surface area contributed by atoms with Crippen molar-refractivity contribution in [3.05, 3.63) is 27.7 Å². The van der Waals surface area contributed by atoms with E-state index in [1.165, 1.54) is 38.8 Å². The van der Waals surface area contributed by atoms with Crippen LogP contribution in [0.15, 0.2) is 22.7 Å². The lowest BCUT2D eigenvalue weighted by molar-refractivity contribution is 0.240. The molecule has 19 heavy (non-hydrogen) atoms. The summed E-state index contributed by atoms with van der Waals surface area (Å²) in [6.07, 6.45) is 6.54. The van der Waals surface area contributed by atoms with Gasteiger partial charge in [0.2, 0.25) is 0 Å². The summed E-state index contributed by atoms with van der Waals surface area (Å²) in [6, 6.07) is 5.74. The van der Waals surface area contributed by atoms with Gasteiger partial charge in [0.1, 0.15) is 5.75 Å². The molecule has 1 aromatic carbocycles. The maximum atomic E-state index is 6.11. The Kier molecular flexibility index (Phi) is 6.48. The second-order valence-corrected chi connectivity index (χ2v) is 6.36. The first kappa shape index (κ1) is 15.1. The third kappa shape index (κ3) is 5.33. The van der Waals surface area contributed by atoms with E-state index in [9.17, 15) is 0 Å². The Labute approximate surface area is 129 Å². The van der Waals surface area contributed by atoms with Gasteiger partial charge in [-0.3, -0.25) is 0 Å². The minimum Gasteiger partial charge on any atom is -0.492 e. The van der Waals surface area contributed by atoms with Crippen LogP contribution in [0.4, 0.5) is 0 Å². The summed E-state index contributed by atoms with van der Waals surface area (Å²) in [4.78, 5) is 2.56. The van der Waals surface area contributed by atoms with Crippen molar-refractivity contribution in [3.8, 4) is 5.75 Å². The minimum absolute atomic E-state index is 0.671. The van der Waals surface area contributed by atoms with E-state index in [1.54, 1.807) is 0 Å². The summed E-state index contributed by atoms with van der Waals surface area (Å²) >= 11 is 9.50. The van der Waals surface area contributed by atoms with Gasteiger partial charge in [0, 0.05) is 11.0 Å². The summed E-state index contributed by atoms with van der Waals surface area (Å²) in [6.45, 7) is 4.37. The highest BCUT2D eigenvalue weighted by Crippen LogP contribution is 2.27. The molecule has 1 aromatic rings. The number of nitrogens with zero attached hydrogens (tertiary/aromatic N) is 1. The molecule has 1 aliphatic rings. The minimum atomic E-state index is 0.671. The highest BCUT2D eigenvalue weighted by atomic mass is 79.9. The molecular formula is C15H21BrClNO. The second-order valence-electron chi connectivity index (χ2n) is 5.03. The molecule has 4 heteroatoms. The number of likely N-dealkylation sites (tertiary alicyclic amines) is 1. The zero-order valence-corrected chi connectivity index (χ0v) is 13.5. The lowest BCUT2D eigenvalue weighted by Crippen LogP contribution is -2.26. The Hall–Kier alpha value is -0.250. The number of halogens is 2. The van der Waals surface area contributed by atoms with Crippen LogP contribution in [0.1, 0.15) is 32.1 Å². The van der Waals surface area contributed by atoms with Gasteiger partial charge >= 0.3 is 0 Å². The number of benzene rings is 1. The molecular weight excluding hydrogens is 326 g/mol. The molecule has 1 aliphatic heterocycles. The van der Waals surface area contributed by atoms with Crippen LogP contribution in [0.5, 0.6) is 5.75 Å². The predicted octanol–water partition coefficient (Wildman–Crippen LogP) is 4.75. The van der Waals surface area contributed by atoms with E-state index < -0.39 is 0 Å². The molecule has 106 valence electrons. The Morgan fingerprint density at radius 2 is 1.89 bits per heavy atom. The smallest absolute Gasteiger partial charge is 0.137 e. The maximum Gasteiger partial charge on any atom is 0.137 e. The normalized spacial score (nSPS) is 17.2. The molecule has 1 fully saturated rings. The van der Waals surface area contributed by atoms with Crippen molar-refractivity contribution in [2.75, 3.05) is 26.2 Å². The van der Waals surface area contributed by atoms with Crippen LogP contribution < -0.4 is 4.74 Å². The fourth-order valence-corrected chi connectivity index (χ4v) is 3.15. The lowest BCUT2D eigenvalue weighted by atomic mass is 10.2. The fraction of sp³-hybridized carbons (Fsp3) is 0.600. The lowest BCUT2D eigenvalue weighted by Gasteiger charge is -2.19. The first-order chi connectivity index (χ1) is 9.25. The van der Waals surface area contributed by atoms with E-state index in [2.05, 4.69) is 20.8 Å². The zero-order chi connectivity index (χ0) is 13.5. The molecule has 1 saturated heterocycles. The van der Waals surface area contributed by atoms with Gasteiger partial charge in [0.05, 0.1) is 11.6 Å². The first-order valence-electron chi connectivity index (χ1n) is 7.06. The third-order valence-electron chi connectivity index (χ3n) is 3.47. The number of hydrogen-bond acceptors (Lipinski definition) is 2. The van der Waals surface area contributed by atoms with E-state index in [0.29, 0.717) is 5.02 Å². The summed E-state index contributed by atoms with van der Waals surface area (Å²) in [5.41, 5.74) is 0. The van der Waals surface area contributed by atoms with Crippen LogP contribution in [0.25, 0.3) is 0 Å². The molecule has 0 aliphatic carbocycles. The van der Waals surface area contributed by atoms with E-state index in [1.807, 2.05) is 18.2 Å². The summed E-state index contributed by atoms with van der Waals surface area (Å²) in [5, 5.41) is 0.671. The predicted molar refractivity (Wildman–Crippen MR) is 84.2 cm³/mol. The van der Waals surface area contributed by atoms with Gasteiger partial charge in [-0.1, -0.05) is 40.4 Å². The molecule has 0 atom stereocenters. The molecule has 0 bridgehead atoms. The van der Waals surface area contributed by atoms with Crippen molar-refractivity contribution in [1.29, 1.82) is 0 Å². The van der Waals surface area contributed by atoms with E-state index in [0.717, 1.165) is 29.8 Å². The Balaban J connectivity index is 1.68. The Morgan fingerprint density at radius 3 is 2.58 bits per heavy atom. The van der Waals surface area contributed by atoms with Crippen molar-refractivity contribution in [2.24, 2.45) is 0 Å². The molecule has 0 spiro atoms. The van der Waals surface area contributed by atoms with Crippen LogP contribution in [0.3, 0.4) is 0 Å². The summed E-state index contributed by atoms with van der Waals surface area (Å²) in [5.74, 6) is 0.778. The largest absolute Gasteiger partial charge is 0.492 e. The molecule has 1 heterocycles. The average Bonchev–Trinajstić information content (AvgIpc) is 2.65. The molecule has 0 saturated carbocycles. The average molecular weight is 347 g/mol.